The predicted molar refractivity (Wildman–Crippen MR) is 198 cm³/mol. The van der Waals surface area contributed by atoms with Crippen LogP contribution in [0.1, 0.15) is 71.3 Å². The molecule has 1 atom stereocenters. The number of pyridine rings is 1. The van der Waals surface area contributed by atoms with Crippen LogP contribution in [-0.2, 0) is 9.47 Å². The first-order valence-corrected chi connectivity index (χ1v) is 18.3. The lowest BCUT2D eigenvalue weighted by atomic mass is 9.95. The first kappa shape index (κ1) is 36.6. The van der Waals surface area contributed by atoms with Crippen molar-refractivity contribution in [3.8, 4) is 35.4 Å². The molecule has 3 aliphatic heterocycles. The topological polar surface area (TPSA) is 111 Å². The van der Waals surface area contributed by atoms with E-state index in [0.29, 0.717) is 47.4 Å². The van der Waals surface area contributed by atoms with Crippen molar-refractivity contribution in [1.82, 2.24) is 25.2 Å². The van der Waals surface area contributed by atoms with Crippen LogP contribution in [0.4, 0.5) is 19.4 Å². The van der Waals surface area contributed by atoms with Crippen molar-refractivity contribution in [2.75, 3.05) is 51.6 Å². The average Bonchev–Trinajstić information content (AvgIpc) is 3.62. The summed E-state index contributed by atoms with van der Waals surface area (Å²) in [4.78, 5) is 31.5. The Morgan fingerprint density at radius 2 is 1.87 bits per heavy atom. The number of fused-ring (bicyclic) bond motifs is 3. The van der Waals surface area contributed by atoms with Crippen molar-refractivity contribution in [2.45, 2.75) is 82.9 Å². The number of anilines is 1. The third-order valence-electron chi connectivity index (χ3n) is 10.4. The molecule has 2 aromatic heterocycles. The van der Waals surface area contributed by atoms with Crippen LogP contribution in [0.2, 0.25) is 0 Å². The van der Waals surface area contributed by atoms with Crippen molar-refractivity contribution in [1.29, 1.82) is 0 Å². The van der Waals surface area contributed by atoms with Crippen LogP contribution in [-0.4, -0.2) is 89.8 Å². The van der Waals surface area contributed by atoms with Crippen LogP contribution in [0.3, 0.4) is 0 Å². The van der Waals surface area contributed by atoms with Crippen molar-refractivity contribution in [2.24, 2.45) is 0 Å². The fourth-order valence-electron chi connectivity index (χ4n) is 8.05. The van der Waals surface area contributed by atoms with Crippen LogP contribution in [0.5, 0.6) is 11.8 Å². The van der Waals surface area contributed by atoms with Gasteiger partial charge in [-0.3, -0.25) is 9.88 Å². The number of amides is 1. The molecule has 3 fully saturated rings. The number of halogens is 2. The maximum absolute atomic E-state index is 17.3. The van der Waals surface area contributed by atoms with Gasteiger partial charge in [-0.1, -0.05) is 12.0 Å². The molecule has 1 amide bonds. The van der Waals surface area contributed by atoms with Gasteiger partial charge in [-0.05, 0) is 102 Å². The SMILES string of the molecule is C#Cc1c(F)ccc2cc(OCOC)cc(-c3ncc4c(N5CCCC[C@H](NC(=O)OC(C)(C)C)C5)nc(OCC56CCCN5CCC6)nc4c3F)c12. The number of nitrogens with one attached hydrogen (secondary N) is 1. The average molecular weight is 729 g/mol. The summed E-state index contributed by atoms with van der Waals surface area (Å²) in [5.41, 5.74) is -0.604. The van der Waals surface area contributed by atoms with E-state index in [1.54, 1.807) is 18.2 Å². The zero-order valence-electron chi connectivity index (χ0n) is 30.8. The van der Waals surface area contributed by atoms with Gasteiger partial charge >= 0.3 is 12.1 Å². The second-order valence-electron chi connectivity index (χ2n) is 15.2. The maximum Gasteiger partial charge on any atom is 0.407 e. The number of carbonyl (C=O) groups excluding carboxylic acids is 1. The Bertz CT molecular complexity index is 2050. The summed E-state index contributed by atoms with van der Waals surface area (Å²) < 4.78 is 55.2. The Kier molecular flexibility index (Phi) is 10.3. The van der Waals surface area contributed by atoms with E-state index < -0.39 is 23.3 Å². The number of benzene rings is 2. The van der Waals surface area contributed by atoms with Gasteiger partial charge in [0.1, 0.15) is 40.8 Å². The van der Waals surface area contributed by atoms with E-state index in [9.17, 15) is 4.79 Å². The minimum absolute atomic E-state index is 0.00174. The Morgan fingerprint density at radius 1 is 1.08 bits per heavy atom. The fourth-order valence-corrected chi connectivity index (χ4v) is 8.05. The summed E-state index contributed by atoms with van der Waals surface area (Å²) in [5, 5.41) is 4.25. The van der Waals surface area contributed by atoms with Gasteiger partial charge in [-0.15, -0.1) is 6.42 Å². The molecule has 13 heteroatoms. The largest absolute Gasteiger partial charge is 0.468 e. The minimum Gasteiger partial charge on any atom is -0.468 e. The third kappa shape index (κ3) is 7.53. The van der Waals surface area contributed by atoms with Gasteiger partial charge in [0.15, 0.2) is 12.6 Å². The van der Waals surface area contributed by atoms with E-state index in [1.165, 1.54) is 19.4 Å². The Labute approximate surface area is 308 Å². The van der Waals surface area contributed by atoms with Gasteiger partial charge in [0, 0.05) is 43.4 Å². The molecule has 0 spiro atoms. The number of aromatic nitrogens is 3. The molecule has 7 rings (SSSR count). The number of carbonyl (C=O) groups is 1. The van der Waals surface area contributed by atoms with Gasteiger partial charge < -0.3 is 29.2 Å². The van der Waals surface area contributed by atoms with Crippen LogP contribution < -0.4 is 19.7 Å². The highest BCUT2D eigenvalue weighted by atomic mass is 19.1. The van der Waals surface area contributed by atoms with Gasteiger partial charge in [-0.2, -0.15) is 9.97 Å². The van der Waals surface area contributed by atoms with Crippen molar-refractivity contribution < 1.29 is 32.5 Å². The molecule has 3 saturated heterocycles. The summed E-state index contributed by atoms with van der Waals surface area (Å²) in [5.74, 6) is 1.90. The van der Waals surface area contributed by atoms with Gasteiger partial charge in [0.05, 0.1) is 16.5 Å². The Balaban J connectivity index is 1.34. The predicted octanol–water partition coefficient (Wildman–Crippen LogP) is 6.98. The summed E-state index contributed by atoms with van der Waals surface area (Å²) in [7, 11) is 1.49. The molecule has 0 aliphatic carbocycles. The number of nitrogens with zero attached hydrogens (tertiary/aromatic N) is 5. The number of hydrogen-bond acceptors (Lipinski definition) is 10. The second kappa shape index (κ2) is 14.9. The lowest BCUT2D eigenvalue weighted by Crippen LogP contribution is -2.45. The van der Waals surface area contributed by atoms with Crippen molar-refractivity contribution in [3.63, 3.8) is 0 Å². The number of methoxy groups -OCH3 is 1. The molecule has 0 unspecified atom stereocenters. The lowest BCUT2D eigenvalue weighted by molar-refractivity contribution is 0.0502. The maximum atomic E-state index is 17.3. The minimum atomic E-state index is -0.742. The molecule has 4 aromatic rings. The quantitative estimate of drug-likeness (QED) is 0.143. The monoisotopic (exact) mass is 728 g/mol. The second-order valence-corrected chi connectivity index (χ2v) is 15.2. The number of alkyl carbamates (subject to hydrolysis) is 1. The number of ether oxygens (including phenoxy) is 4. The van der Waals surface area contributed by atoms with Gasteiger partial charge in [0.2, 0.25) is 0 Å². The van der Waals surface area contributed by atoms with E-state index >= 15 is 8.78 Å². The smallest absolute Gasteiger partial charge is 0.407 e. The van der Waals surface area contributed by atoms with E-state index in [-0.39, 0.29) is 46.7 Å². The van der Waals surface area contributed by atoms with E-state index in [0.717, 1.165) is 58.0 Å². The molecule has 53 heavy (non-hydrogen) atoms. The van der Waals surface area contributed by atoms with Crippen LogP contribution in [0.25, 0.3) is 32.9 Å². The molecule has 0 saturated carbocycles. The zero-order valence-corrected chi connectivity index (χ0v) is 30.8. The summed E-state index contributed by atoms with van der Waals surface area (Å²) in [6.45, 7) is 8.85. The molecular weight excluding hydrogens is 682 g/mol. The van der Waals surface area contributed by atoms with Gasteiger partial charge in [-0.25, -0.2) is 13.6 Å². The number of terminal acetylenes is 1. The molecule has 3 aliphatic rings. The Hall–Kier alpha value is -4.80. The van der Waals surface area contributed by atoms with E-state index in [1.807, 2.05) is 25.7 Å². The molecule has 2 aromatic carbocycles. The molecule has 1 N–H and O–H groups in total. The number of hydrogen-bond donors (Lipinski definition) is 1. The molecule has 5 heterocycles. The van der Waals surface area contributed by atoms with Crippen LogP contribution >= 0.6 is 0 Å². The summed E-state index contributed by atoms with van der Waals surface area (Å²) in [6, 6.07) is 5.91. The molecule has 280 valence electrons. The highest BCUT2D eigenvalue weighted by Crippen LogP contribution is 2.41. The van der Waals surface area contributed by atoms with Gasteiger partial charge in [0.25, 0.3) is 0 Å². The summed E-state index contributed by atoms with van der Waals surface area (Å²) >= 11 is 0. The number of rotatable bonds is 9. The third-order valence-corrected chi connectivity index (χ3v) is 10.4. The fraction of sp³-hybridized carbons (Fsp3) is 0.500. The first-order valence-electron chi connectivity index (χ1n) is 18.3. The van der Waals surface area contributed by atoms with Crippen molar-refractivity contribution >= 4 is 33.6 Å². The Morgan fingerprint density at radius 3 is 2.60 bits per heavy atom. The van der Waals surface area contributed by atoms with E-state index in [2.05, 4.69) is 26.1 Å². The summed E-state index contributed by atoms with van der Waals surface area (Å²) in [6.07, 6.45) is 13.5. The molecule has 0 radical (unpaired) electrons. The molecular formula is C40H46F2N6O5. The lowest BCUT2D eigenvalue weighted by Gasteiger charge is -2.31. The first-order chi connectivity index (χ1) is 25.5. The van der Waals surface area contributed by atoms with E-state index in [4.69, 9.17) is 30.4 Å². The molecule has 11 nitrogen and oxygen atoms in total. The zero-order chi connectivity index (χ0) is 37.3. The van der Waals surface area contributed by atoms with Crippen LogP contribution in [0, 0.1) is 24.0 Å². The van der Waals surface area contributed by atoms with Crippen LogP contribution in [0.15, 0.2) is 30.5 Å². The highest BCUT2D eigenvalue weighted by Gasteiger charge is 2.45. The molecule has 0 bridgehead atoms. The highest BCUT2D eigenvalue weighted by molar-refractivity contribution is 6.03. The normalized spacial score (nSPS) is 18.8. The van der Waals surface area contributed by atoms with Crippen molar-refractivity contribution in [3.05, 3.63) is 47.7 Å². The standard InChI is InChI=1S/C40H46F2N6O5/c1-6-28-31(41)13-12-25-19-27(52-24-50-5)20-29(32(25)28)34-33(42)35-30(21-43-34)36(46-37(45-35)51-23-40-14-9-17-48(40)18-10-15-40)47-16-8-7-11-26(22-47)44-38(49)53-39(2,3)4/h1,12-13,19-21,26H,7-11,14-18,22-24H2,2-5H3,(H,44,49)/t26-/m0/s1.